The van der Waals surface area contributed by atoms with E-state index in [2.05, 4.69) is 33.3 Å². The second-order valence-corrected chi connectivity index (χ2v) is 3.36. The monoisotopic (exact) mass is 254 g/mol. The predicted molar refractivity (Wildman–Crippen MR) is 48.0 cm³/mol. The summed E-state index contributed by atoms with van der Waals surface area (Å²) in [7, 11) is 0. The number of hydrogen-bond donors (Lipinski definition) is 1. The molecule has 1 aromatic carbocycles. The summed E-state index contributed by atoms with van der Waals surface area (Å²) in [5, 5.41) is 0. The summed E-state index contributed by atoms with van der Waals surface area (Å²) >= 11 is 7.04. The van der Waals surface area contributed by atoms with E-state index in [0.717, 1.165) is 0 Å². The Hall–Kier alpha value is -0.290. The number of alkyl halides is 2. The maximum absolute atomic E-state index is 11.8. The van der Waals surface area contributed by atoms with Crippen LogP contribution in [0.4, 0.5) is 8.78 Å². The summed E-state index contributed by atoms with van der Waals surface area (Å²) in [5.74, 6) is 0.0949. The van der Waals surface area contributed by atoms with Crippen molar-refractivity contribution in [2.45, 2.75) is 11.5 Å². The van der Waals surface area contributed by atoms with Crippen LogP contribution in [0.3, 0.4) is 0 Å². The normalized spacial score (nSPS) is 10.4. The van der Waals surface area contributed by atoms with Crippen LogP contribution >= 0.6 is 28.6 Å². The minimum absolute atomic E-state index is 0.0949. The molecule has 0 N–H and O–H groups in total. The van der Waals surface area contributed by atoms with Gasteiger partial charge in [0.15, 0.2) is 0 Å². The average Bonchev–Trinajstić information content (AvgIpc) is 1.96. The van der Waals surface area contributed by atoms with Gasteiger partial charge in [0.25, 0.3) is 0 Å². The molecule has 0 atom stereocenters. The van der Waals surface area contributed by atoms with E-state index in [9.17, 15) is 8.78 Å². The molecule has 0 aliphatic heterocycles. The Kier molecular flexibility index (Phi) is 3.34. The van der Waals surface area contributed by atoms with E-state index in [1.54, 1.807) is 12.1 Å². The Morgan fingerprint density at radius 1 is 1.42 bits per heavy atom. The average molecular weight is 255 g/mol. The Balaban J connectivity index is 2.90. The van der Waals surface area contributed by atoms with E-state index in [1.807, 2.05) is 0 Å². The molecular weight excluding hydrogens is 250 g/mol. The second kappa shape index (κ2) is 4.09. The van der Waals surface area contributed by atoms with E-state index in [1.165, 1.54) is 6.07 Å². The first-order valence-electron chi connectivity index (χ1n) is 3.03. The second-order valence-electron chi connectivity index (χ2n) is 1.99. The molecule has 0 unspecified atom stereocenters. The summed E-state index contributed by atoms with van der Waals surface area (Å²) in [6.45, 7) is -2.81. The summed E-state index contributed by atoms with van der Waals surface area (Å²) in [5.41, 5.74) is 0. The van der Waals surface area contributed by atoms with Crippen molar-refractivity contribution in [3.05, 3.63) is 22.7 Å². The lowest BCUT2D eigenvalue weighted by Gasteiger charge is -2.06. The maximum Gasteiger partial charge on any atom is 0.387 e. The van der Waals surface area contributed by atoms with Crippen LogP contribution < -0.4 is 4.74 Å². The van der Waals surface area contributed by atoms with Crippen LogP contribution in [0.5, 0.6) is 5.75 Å². The lowest BCUT2D eigenvalue weighted by molar-refractivity contribution is -0.0504. The van der Waals surface area contributed by atoms with Gasteiger partial charge in [-0.25, -0.2) is 0 Å². The van der Waals surface area contributed by atoms with Gasteiger partial charge in [0, 0.05) is 4.90 Å². The van der Waals surface area contributed by atoms with Crippen LogP contribution in [0.1, 0.15) is 0 Å². The van der Waals surface area contributed by atoms with Crippen molar-refractivity contribution in [3.63, 3.8) is 0 Å². The van der Waals surface area contributed by atoms with Crippen LogP contribution in [-0.2, 0) is 0 Å². The number of thiol groups is 1. The van der Waals surface area contributed by atoms with Gasteiger partial charge in [0.2, 0.25) is 0 Å². The van der Waals surface area contributed by atoms with E-state index in [4.69, 9.17) is 0 Å². The van der Waals surface area contributed by atoms with E-state index in [-0.39, 0.29) is 5.75 Å². The molecule has 5 heteroatoms. The molecule has 0 aliphatic rings. The standard InChI is InChI=1S/C7H5BrF2OS/c8-5-2-1-4(12)3-6(5)11-7(9)10/h1-3,7,12H. The van der Waals surface area contributed by atoms with Gasteiger partial charge in [-0.3, -0.25) is 0 Å². The molecular formula is C7H5BrF2OS. The fourth-order valence-electron chi connectivity index (χ4n) is 0.678. The molecule has 0 saturated carbocycles. The molecule has 12 heavy (non-hydrogen) atoms. The van der Waals surface area contributed by atoms with Crippen LogP contribution in [0.15, 0.2) is 27.6 Å². The molecule has 66 valence electrons. The third-order valence-corrected chi connectivity index (χ3v) is 2.06. The van der Waals surface area contributed by atoms with Gasteiger partial charge in [0.05, 0.1) is 4.47 Å². The fourth-order valence-corrected chi connectivity index (χ4v) is 1.21. The number of halogens is 3. The largest absolute Gasteiger partial charge is 0.434 e. The first-order valence-corrected chi connectivity index (χ1v) is 4.27. The lowest BCUT2D eigenvalue weighted by Crippen LogP contribution is -2.02. The highest BCUT2D eigenvalue weighted by molar-refractivity contribution is 9.10. The lowest BCUT2D eigenvalue weighted by atomic mass is 10.3. The third kappa shape index (κ3) is 2.64. The Morgan fingerprint density at radius 2 is 2.08 bits per heavy atom. The van der Waals surface area contributed by atoms with Gasteiger partial charge in [-0.05, 0) is 34.1 Å². The van der Waals surface area contributed by atoms with E-state index in [0.29, 0.717) is 9.37 Å². The molecule has 0 amide bonds. The summed E-state index contributed by atoms with van der Waals surface area (Å²) in [4.78, 5) is 0.578. The Labute approximate surface area is 82.3 Å². The molecule has 1 nitrogen and oxygen atoms in total. The molecule has 0 fully saturated rings. The van der Waals surface area contributed by atoms with Crippen molar-refractivity contribution in [1.82, 2.24) is 0 Å². The van der Waals surface area contributed by atoms with Gasteiger partial charge in [-0.1, -0.05) is 0 Å². The van der Waals surface area contributed by atoms with Gasteiger partial charge >= 0.3 is 6.61 Å². The van der Waals surface area contributed by atoms with Crippen molar-refractivity contribution in [3.8, 4) is 5.75 Å². The minimum atomic E-state index is -2.81. The minimum Gasteiger partial charge on any atom is -0.434 e. The number of hydrogen-bond acceptors (Lipinski definition) is 2. The van der Waals surface area contributed by atoms with Crippen molar-refractivity contribution in [2.75, 3.05) is 0 Å². The van der Waals surface area contributed by atoms with Crippen LogP contribution in [0.2, 0.25) is 0 Å². The van der Waals surface area contributed by atoms with Crippen LogP contribution in [0, 0.1) is 0 Å². The molecule has 0 heterocycles. The molecule has 1 rings (SSSR count). The highest BCUT2D eigenvalue weighted by Gasteiger charge is 2.07. The number of rotatable bonds is 2. The van der Waals surface area contributed by atoms with Crippen molar-refractivity contribution < 1.29 is 13.5 Å². The van der Waals surface area contributed by atoms with Crippen molar-refractivity contribution in [1.29, 1.82) is 0 Å². The molecule has 0 radical (unpaired) electrons. The zero-order valence-corrected chi connectivity index (χ0v) is 8.28. The molecule has 0 aliphatic carbocycles. The SMILES string of the molecule is FC(F)Oc1cc(S)ccc1Br. The zero-order chi connectivity index (χ0) is 9.14. The molecule has 1 aromatic rings. The summed E-state index contributed by atoms with van der Waals surface area (Å²) in [6.07, 6.45) is 0. The molecule has 0 saturated heterocycles. The molecule has 0 spiro atoms. The zero-order valence-electron chi connectivity index (χ0n) is 5.80. The first kappa shape index (κ1) is 9.80. The quantitative estimate of drug-likeness (QED) is 0.797. The number of ether oxygens (including phenoxy) is 1. The van der Waals surface area contributed by atoms with E-state index >= 15 is 0 Å². The Morgan fingerprint density at radius 3 is 2.67 bits per heavy atom. The topological polar surface area (TPSA) is 9.23 Å². The smallest absolute Gasteiger partial charge is 0.387 e. The molecule has 0 aromatic heterocycles. The summed E-state index contributed by atoms with van der Waals surface area (Å²) in [6, 6.07) is 4.69. The highest BCUT2D eigenvalue weighted by atomic mass is 79.9. The summed E-state index contributed by atoms with van der Waals surface area (Å²) < 4.78 is 28.2. The van der Waals surface area contributed by atoms with Gasteiger partial charge in [0.1, 0.15) is 5.75 Å². The first-order chi connectivity index (χ1) is 5.59. The maximum atomic E-state index is 11.8. The third-order valence-electron chi connectivity index (χ3n) is 1.13. The Bertz CT molecular complexity index is 280. The molecule has 0 bridgehead atoms. The van der Waals surface area contributed by atoms with Gasteiger partial charge < -0.3 is 4.74 Å². The van der Waals surface area contributed by atoms with Crippen molar-refractivity contribution >= 4 is 28.6 Å². The van der Waals surface area contributed by atoms with Gasteiger partial charge in [-0.15, -0.1) is 12.6 Å². The van der Waals surface area contributed by atoms with Crippen LogP contribution in [-0.4, -0.2) is 6.61 Å². The number of benzene rings is 1. The van der Waals surface area contributed by atoms with Crippen LogP contribution in [0.25, 0.3) is 0 Å². The van der Waals surface area contributed by atoms with Crippen molar-refractivity contribution in [2.24, 2.45) is 0 Å². The van der Waals surface area contributed by atoms with E-state index < -0.39 is 6.61 Å². The van der Waals surface area contributed by atoms with Gasteiger partial charge in [-0.2, -0.15) is 8.78 Å². The predicted octanol–water partition coefficient (Wildman–Crippen LogP) is 3.34. The fraction of sp³-hybridized carbons (Fsp3) is 0.143. The highest BCUT2D eigenvalue weighted by Crippen LogP contribution is 2.28.